The van der Waals surface area contributed by atoms with Gasteiger partial charge >= 0.3 is 12.1 Å². The van der Waals surface area contributed by atoms with Gasteiger partial charge in [0.05, 0.1) is 12.8 Å². The van der Waals surface area contributed by atoms with Crippen molar-refractivity contribution in [3.8, 4) is 11.5 Å². The van der Waals surface area contributed by atoms with Crippen LogP contribution in [0.2, 0.25) is 0 Å². The van der Waals surface area contributed by atoms with Crippen molar-refractivity contribution in [3.63, 3.8) is 0 Å². The van der Waals surface area contributed by atoms with Crippen molar-refractivity contribution in [1.82, 2.24) is 19.9 Å². The van der Waals surface area contributed by atoms with Gasteiger partial charge in [-0.15, -0.1) is 0 Å². The van der Waals surface area contributed by atoms with Crippen molar-refractivity contribution in [3.05, 3.63) is 51.9 Å². The Bertz CT molecular complexity index is 1520. The van der Waals surface area contributed by atoms with Crippen LogP contribution >= 0.6 is 0 Å². The fourth-order valence-corrected chi connectivity index (χ4v) is 3.14. The van der Waals surface area contributed by atoms with E-state index < -0.39 is 46.0 Å². The molecule has 0 saturated carbocycles. The van der Waals surface area contributed by atoms with E-state index in [-0.39, 0.29) is 23.2 Å². The van der Waals surface area contributed by atoms with Gasteiger partial charge in [-0.05, 0) is 31.2 Å². The minimum absolute atomic E-state index is 0.105. The molecule has 0 saturated heterocycles. The summed E-state index contributed by atoms with van der Waals surface area (Å²) in [6, 6.07) is 4.00. The van der Waals surface area contributed by atoms with Crippen molar-refractivity contribution >= 4 is 39.7 Å². The predicted octanol–water partition coefficient (Wildman–Crippen LogP) is 3.67. The number of halogens is 5. The maximum absolute atomic E-state index is 14.4. The number of aromatic nitrogens is 4. The first-order chi connectivity index (χ1) is 16.0. The standard InChI is InChI=1S/C20H12F5N5O4/c1-7-8-3-4-10(22)15(33-2)13(8)27-18(26-7)30-19-28-14-9(21)5-6-11(12(14)16(31)29-19)34-17(32)20(23,24)25/h3-6H,1-2H3,(H2,26,27,28,29,30,31). The molecule has 34 heavy (non-hydrogen) atoms. The molecule has 14 heteroatoms. The Kier molecular flexibility index (Phi) is 5.51. The van der Waals surface area contributed by atoms with E-state index in [4.69, 9.17) is 4.74 Å². The summed E-state index contributed by atoms with van der Waals surface area (Å²) in [5.74, 6) is -5.90. The molecule has 4 aromatic rings. The fourth-order valence-electron chi connectivity index (χ4n) is 3.14. The zero-order chi connectivity index (χ0) is 24.8. The maximum atomic E-state index is 14.4. The SMILES string of the molecule is COc1c(F)ccc2c(C)nc(Nc3nc4c(F)ccc(OC(=O)C(F)(F)F)c4c(=O)[nH]3)nc12. The van der Waals surface area contributed by atoms with Gasteiger partial charge in [-0.1, -0.05) is 0 Å². The van der Waals surface area contributed by atoms with Gasteiger partial charge in [0.25, 0.3) is 5.56 Å². The second kappa shape index (κ2) is 8.20. The molecule has 2 aromatic heterocycles. The molecular weight excluding hydrogens is 469 g/mol. The zero-order valence-electron chi connectivity index (χ0n) is 17.2. The molecule has 2 N–H and O–H groups in total. The highest BCUT2D eigenvalue weighted by atomic mass is 19.4. The Morgan fingerprint density at radius 2 is 1.74 bits per heavy atom. The third kappa shape index (κ3) is 4.04. The first-order valence-electron chi connectivity index (χ1n) is 9.29. The van der Waals surface area contributed by atoms with E-state index >= 15 is 0 Å². The normalized spacial score (nSPS) is 11.6. The van der Waals surface area contributed by atoms with Gasteiger partial charge in [-0.2, -0.15) is 13.2 Å². The van der Waals surface area contributed by atoms with E-state index in [9.17, 15) is 31.5 Å². The summed E-state index contributed by atoms with van der Waals surface area (Å²) < 4.78 is 75.3. The molecule has 2 aromatic carbocycles. The van der Waals surface area contributed by atoms with E-state index in [1.807, 2.05) is 0 Å². The lowest BCUT2D eigenvalue weighted by atomic mass is 10.2. The van der Waals surface area contributed by atoms with Crippen LogP contribution in [0.4, 0.5) is 33.8 Å². The van der Waals surface area contributed by atoms with E-state index in [0.29, 0.717) is 23.2 Å². The molecule has 2 heterocycles. The number of rotatable bonds is 4. The van der Waals surface area contributed by atoms with Crippen molar-refractivity contribution < 1.29 is 36.2 Å². The molecule has 0 bridgehead atoms. The molecule has 0 amide bonds. The Morgan fingerprint density at radius 1 is 1.03 bits per heavy atom. The van der Waals surface area contributed by atoms with Gasteiger partial charge in [-0.25, -0.2) is 28.5 Å². The number of fused-ring (bicyclic) bond motifs is 2. The summed E-state index contributed by atoms with van der Waals surface area (Å²) in [5, 5.41) is 2.29. The maximum Gasteiger partial charge on any atom is 0.491 e. The minimum Gasteiger partial charge on any atom is -0.491 e. The van der Waals surface area contributed by atoms with Gasteiger partial charge in [0, 0.05) is 5.39 Å². The van der Waals surface area contributed by atoms with E-state index in [1.165, 1.54) is 19.2 Å². The molecule has 0 atom stereocenters. The van der Waals surface area contributed by atoms with Crippen LogP contribution in [-0.4, -0.2) is 39.2 Å². The highest BCUT2D eigenvalue weighted by Crippen LogP contribution is 2.30. The summed E-state index contributed by atoms with van der Waals surface area (Å²) in [7, 11) is 1.25. The lowest BCUT2D eigenvalue weighted by molar-refractivity contribution is -0.189. The van der Waals surface area contributed by atoms with Crippen LogP contribution in [0.3, 0.4) is 0 Å². The monoisotopic (exact) mass is 481 g/mol. The van der Waals surface area contributed by atoms with Crippen LogP contribution in [0.15, 0.2) is 29.1 Å². The lowest BCUT2D eigenvalue weighted by Crippen LogP contribution is -2.28. The molecule has 0 aliphatic carbocycles. The van der Waals surface area contributed by atoms with Gasteiger partial charge < -0.3 is 9.47 Å². The topological polar surface area (TPSA) is 119 Å². The summed E-state index contributed by atoms with van der Waals surface area (Å²) in [5.41, 5.74) is -1.28. The molecule has 176 valence electrons. The van der Waals surface area contributed by atoms with Crippen molar-refractivity contribution in [2.24, 2.45) is 0 Å². The third-order valence-electron chi connectivity index (χ3n) is 4.61. The van der Waals surface area contributed by atoms with Gasteiger partial charge in [0.2, 0.25) is 11.9 Å². The van der Waals surface area contributed by atoms with Crippen LogP contribution < -0.4 is 20.3 Å². The van der Waals surface area contributed by atoms with Crippen LogP contribution in [0.5, 0.6) is 11.5 Å². The number of nitrogens with zero attached hydrogens (tertiary/aromatic N) is 3. The number of H-pyrrole nitrogens is 1. The number of carbonyl (C=O) groups excluding carboxylic acids is 1. The number of benzene rings is 2. The number of nitrogens with one attached hydrogen (secondary N) is 2. The largest absolute Gasteiger partial charge is 0.491 e. The van der Waals surface area contributed by atoms with Gasteiger partial charge in [-0.3, -0.25) is 15.1 Å². The van der Waals surface area contributed by atoms with Crippen molar-refractivity contribution in [2.75, 3.05) is 12.4 Å². The van der Waals surface area contributed by atoms with Crippen LogP contribution in [-0.2, 0) is 4.79 Å². The Morgan fingerprint density at radius 3 is 2.41 bits per heavy atom. The molecule has 0 aliphatic heterocycles. The molecule has 0 fully saturated rings. The van der Waals surface area contributed by atoms with Crippen LogP contribution in [0.1, 0.15) is 5.69 Å². The number of anilines is 2. The van der Waals surface area contributed by atoms with Crippen LogP contribution in [0.25, 0.3) is 21.8 Å². The Labute approximate surface area is 185 Å². The second-order valence-electron chi connectivity index (χ2n) is 6.81. The van der Waals surface area contributed by atoms with E-state index in [0.717, 1.165) is 0 Å². The molecule has 0 spiro atoms. The molecule has 0 aliphatic rings. The average molecular weight is 481 g/mol. The number of ether oxygens (including phenoxy) is 2. The molecular formula is C20H12F5N5O4. The first kappa shape index (κ1) is 22.8. The number of alkyl halides is 3. The molecule has 0 unspecified atom stereocenters. The number of carbonyl (C=O) groups is 1. The second-order valence-corrected chi connectivity index (χ2v) is 6.81. The number of hydrogen-bond donors (Lipinski definition) is 2. The average Bonchev–Trinajstić information content (AvgIpc) is 2.75. The number of esters is 1. The highest BCUT2D eigenvalue weighted by molar-refractivity contribution is 5.90. The molecule has 0 radical (unpaired) electrons. The van der Waals surface area contributed by atoms with Crippen LogP contribution in [0, 0.1) is 18.6 Å². The number of hydrogen-bond acceptors (Lipinski definition) is 8. The Hall–Kier alpha value is -4.36. The Balaban J connectivity index is 1.80. The summed E-state index contributed by atoms with van der Waals surface area (Å²) in [6.07, 6.45) is -5.34. The van der Waals surface area contributed by atoms with E-state index in [2.05, 4.69) is 30.0 Å². The number of aryl methyl sites for hydroxylation is 1. The van der Waals surface area contributed by atoms with E-state index in [1.54, 1.807) is 6.92 Å². The minimum atomic E-state index is -5.34. The predicted molar refractivity (Wildman–Crippen MR) is 108 cm³/mol. The van der Waals surface area contributed by atoms with Crippen molar-refractivity contribution in [2.45, 2.75) is 13.1 Å². The highest BCUT2D eigenvalue weighted by Gasteiger charge is 2.41. The zero-order valence-corrected chi connectivity index (χ0v) is 17.2. The number of methoxy groups -OCH3 is 1. The third-order valence-corrected chi connectivity index (χ3v) is 4.61. The summed E-state index contributed by atoms with van der Waals surface area (Å²) in [6.45, 7) is 1.60. The van der Waals surface area contributed by atoms with Crippen molar-refractivity contribution in [1.29, 1.82) is 0 Å². The summed E-state index contributed by atoms with van der Waals surface area (Å²) >= 11 is 0. The first-order valence-corrected chi connectivity index (χ1v) is 9.29. The quantitative estimate of drug-likeness (QED) is 0.258. The van der Waals surface area contributed by atoms with Gasteiger partial charge in [0.15, 0.2) is 11.6 Å². The summed E-state index contributed by atoms with van der Waals surface area (Å²) in [4.78, 5) is 38.0. The molecule has 4 rings (SSSR count). The number of aromatic amines is 1. The fraction of sp³-hybridized carbons (Fsp3) is 0.150. The van der Waals surface area contributed by atoms with Gasteiger partial charge in [0.1, 0.15) is 28.0 Å². The smallest absolute Gasteiger partial charge is 0.491 e. The lowest BCUT2D eigenvalue weighted by Gasteiger charge is -2.12. The molecule has 9 nitrogen and oxygen atoms in total.